The quantitative estimate of drug-likeness (QED) is 0.650. The molecule has 4 rings (SSSR count). The lowest BCUT2D eigenvalue weighted by atomic mass is 9.89. The molecule has 0 saturated carbocycles. The molecule has 1 fully saturated rings. The van der Waals surface area contributed by atoms with E-state index in [1.54, 1.807) is 0 Å². The molecular formula is C21H16F3N3O3. The van der Waals surface area contributed by atoms with Crippen LogP contribution in [0.1, 0.15) is 16.9 Å². The van der Waals surface area contributed by atoms with Crippen LogP contribution in [0.5, 0.6) is 0 Å². The van der Waals surface area contributed by atoms with E-state index in [0.29, 0.717) is 10.6 Å². The Balaban J connectivity index is 1.64. The van der Waals surface area contributed by atoms with Gasteiger partial charge in [-0.05, 0) is 12.5 Å². The number of hydrogen-bond acceptors (Lipinski definition) is 4. The van der Waals surface area contributed by atoms with E-state index in [-0.39, 0.29) is 11.3 Å². The number of aryl methyl sites for hydroxylation is 1. The number of amides is 3. The molecule has 6 nitrogen and oxygen atoms in total. The first-order valence-electron chi connectivity index (χ1n) is 9.01. The van der Waals surface area contributed by atoms with Crippen molar-refractivity contribution in [3.8, 4) is 11.3 Å². The fraction of sp³-hybridized carbons (Fsp3) is 0.190. The number of rotatable bonds is 4. The highest BCUT2D eigenvalue weighted by Crippen LogP contribution is 2.43. The number of alkyl halides is 3. The number of halogens is 3. The lowest BCUT2D eigenvalue weighted by molar-refractivity contribution is -0.198. The molecule has 0 spiro atoms. The number of imide groups is 1. The van der Waals surface area contributed by atoms with Crippen molar-refractivity contribution >= 4 is 11.9 Å². The van der Waals surface area contributed by atoms with Crippen molar-refractivity contribution in [3.05, 3.63) is 77.6 Å². The number of benzene rings is 2. The summed E-state index contributed by atoms with van der Waals surface area (Å²) in [6, 6.07) is 14.3. The first-order chi connectivity index (χ1) is 14.2. The van der Waals surface area contributed by atoms with Crippen molar-refractivity contribution < 1.29 is 27.3 Å². The second-order valence-electron chi connectivity index (χ2n) is 6.98. The molecule has 2 aromatic carbocycles. The van der Waals surface area contributed by atoms with Crippen LogP contribution >= 0.6 is 0 Å². The molecule has 1 unspecified atom stereocenters. The zero-order valence-electron chi connectivity index (χ0n) is 15.7. The van der Waals surface area contributed by atoms with Gasteiger partial charge in [0.05, 0.1) is 6.54 Å². The van der Waals surface area contributed by atoms with Crippen molar-refractivity contribution in [2.24, 2.45) is 0 Å². The van der Waals surface area contributed by atoms with Gasteiger partial charge in [0.25, 0.3) is 5.91 Å². The minimum absolute atomic E-state index is 0.0834. The molecule has 1 aromatic heterocycles. The molecule has 3 amide bonds. The van der Waals surface area contributed by atoms with Gasteiger partial charge in [0, 0.05) is 11.6 Å². The van der Waals surface area contributed by atoms with Crippen LogP contribution < -0.4 is 5.32 Å². The molecule has 1 aliphatic rings. The third kappa shape index (κ3) is 3.12. The number of hydrogen-bond donors (Lipinski definition) is 1. The normalized spacial score (nSPS) is 19.3. The van der Waals surface area contributed by atoms with Crippen molar-refractivity contribution in [2.45, 2.75) is 25.2 Å². The summed E-state index contributed by atoms with van der Waals surface area (Å²) in [4.78, 5) is 25.7. The smallest absolute Gasteiger partial charge is 0.359 e. The lowest BCUT2D eigenvalue weighted by Gasteiger charge is -2.29. The molecular weight excluding hydrogens is 399 g/mol. The Hall–Kier alpha value is -3.62. The van der Waals surface area contributed by atoms with Gasteiger partial charge in [-0.25, -0.2) is 4.79 Å². The summed E-state index contributed by atoms with van der Waals surface area (Å²) >= 11 is 0. The number of nitrogens with one attached hydrogen (secondary N) is 1. The fourth-order valence-electron chi connectivity index (χ4n) is 3.36. The van der Waals surface area contributed by atoms with Crippen LogP contribution in [0.2, 0.25) is 0 Å². The predicted molar refractivity (Wildman–Crippen MR) is 99.9 cm³/mol. The average molecular weight is 415 g/mol. The highest BCUT2D eigenvalue weighted by molar-refractivity contribution is 6.08. The highest BCUT2D eigenvalue weighted by atomic mass is 19.4. The minimum Gasteiger partial charge on any atom is -0.359 e. The van der Waals surface area contributed by atoms with Gasteiger partial charge in [0.15, 0.2) is 5.76 Å². The number of carbonyl (C=O) groups is 2. The number of urea groups is 1. The van der Waals surface area contributed by atoms with Crippen molar-refractivity contribution in [2.75, 3.05) is 0 Å². The molecule has 0 aliphatic carbocycles. The van der Waals surface area contributed by atoms with E-state index in [9.17, 15) is 22.8 Å². The van der Waals surface area contributed by atoms with E-state index in [0.717, 1.165) is 23.3 Å². The summed E-state index contributed by atoms with van der Waals surface area (Å²) in [5, 5.41) is 5.72. The average Bonchev–Trinajstić information content (AvgIpc) is 3.28. The van der Waals surface area contributed by atoms with Gasteiger partial charge < -0.3 is 9.84 Å². The van der Waals surface area contributed by atoms with Crippen molar-refractivity contribution in [1.82, 2.24) is 15.4 Å². The van der Waals surface area contributed by atoms with E-state index in [1.807, 2.05) is 36.5 Å². The van der Waals surface area contributed by atoms with E-state index in [2.05, 4.69) is 5.16 Å². The zero-order valence-corrected chi connectivity index (χ0v) is 15.7. The predicted octanol–water partition coefficient (Wildman–Crippen LogP) is 4.16. The molecule has 154 valence electrons. The molecule has 1 N–H and O–H groups in total. The Kier molecular flexibility index (Phi) is 4.60. The molecule has 3 aromatic rings. The SMILES string of the molecule is Cc1ccc(-c2cc(CN3C(=O)NC(c4ccccc4)(C(F)(F)F)C3=O)on2)cc1. The van der Waals surface area contributed by atoms with E-state index >= 15 is 0 Å². The van der Waals surface area contributed by atoms with Crippen LogP contribution in [-0.4, -0.2) is 28.2 Å². The first kappa shape index (κ1) is 19.7. The molecule has 2 heterocycles. The number of nitrogens with zero attached hydrogens (tertiary/aromatic N) is 2. The fourth-order valence-corrected chi connectivity index (χ4v) is 3.36. The lowest BCUT2D eigenvalue weighted by Crippen LogP contribution is -2.55. The summed E-state index contributed by atoms with van der Waals surface area (Å²) < 4.78 is 47.2. The Morgan fingerprint density at radius 2 is 1.73 bits per heavy atom. The van der Waals surface area contributed by atoms with Gasteiger partial charge >= 0.3 is 12.2 Å². The Morgan fingerprint density at radius 3 is 2.37 bits per heavy atom. The molecule has 1 saturated heterocycles. The summed E-state index contributed by atoms with van der Waals surface area (Å²) in [5.41, 5.74) is -1.28. The monoisotopic (exact) mass is 415 g/mol. The molecule has 9 heteroatoms. The molecule has 0 radical (unpaired) electrons. The zero-order chi connectivity index (χ0) is 21.5. The second-order valence-corrected chi connectivity index (χ2v) is 6.98. The second kappa shape index (κ2) is 7.01. The molecule has 1 atom stereocenters. The van der Waals surface area contributed by atoms with Crippen molar-refractivity contribution in [3.63, 3.8) is 0 Å². The van der Waals surface area contributed by atoms with E-state index < -0.39 is 30.2 Å². The maximum absolute atomic E-state index is 14.0. The topological polar surface area (TPSA) is 75.4 Å². The van der Waals surface area contributed by atoms with Crippen LogP contribution in [0.15, 0.2) is 65.2 Å². The van der Waals surface area contributed by atoms with Gasteiger partial charge in [-0.15, -0.1) is 0 Å². The Bertz CT molecular complexity index is 1090. The van der Waals surface area contributed by atoms with Crippen LogP contribution in [-0.2, 0) is 16.9 Å². The Morgan fingerprint density at radius 1 is 1.07 bits per heavy atom. The molecule has 0 bridgehead atoms. The number of aromatic nitrogens is 1. The number of carbonyl (C=O) groups excluding carboxylic acids is 2. The molecule has 30 heavy (non-hydrogen) atoms. The maximum Gasteiger partial charge on any atom is 0.425 e. The van der Waals surface area contributed by atoms with Gasteiger partial charge in [-0.3, -0.25) is 9.69 Å². The van der Waals surface area contributed by atoms with Gasteiger partial charge in [-0.2, -0.15) is 13.2 Å². The van der Waals surface area contributed by atoms with E-state index in [1.165, 1.54) is 24.3 Å². The third-order valence-electron chi connectivity index (χ3n) is 4.96. The van der Waals surface area contributed by atoms with E-state index in [4.69, 9.17) is 4.52 Å². The van der Waals surface area contributed by atoms with Crippen LogP contribution in [0.3, 0.4) is 0 Å². The van der Waals surface area contributed by atoms with Crippen molar-refractivity contribution in [1.29, 1.82) is 0 Å². The summed E-state index contributed by atoms with van der Waals surface area (Å²) in [5.74, 6) is -1.33. The first-order valence-corrected chi connectivity index (χ1v) is 9.01. The van der Waals surface area contributed by atoms with Crippen LogP contribution in [0.4, 0.5) is 18.0 Å². The highest BCUT2D eigenvalue weighted by Gasteiger charge is 2.68. The van der Waals surface area contributed by atoms with Gasteiger partial charge in [0.1, 0.15) is 5.69 Å². The largest absolute Gasteiger partial charge is 0.425 e. The van der Waals surface area contributed by atoms with Crippen LogP contribution in [0.25, 0.3) is 11.3 Å². The summed E-state index contributed by atoms with van der Waals surface area (Å²) in [7, 11) is 0. The molecule has 1 aliphatic heterocycles. The summed E-state index contributed by atoms with van der Waals surface area (Å²) in [6.07, 6.45) is -5.04. The standard InChI is InChI=1S/C21H16F3N3O3/c1-13-7-9-14(10-8-13)17-11-16(30-26-17)12-27-18(28)20(21(22,23)24,25-19(27)29)15-5-3-2-4-6-15/h2-11H,12H2,1H3,(H,25,29). The third-order valence-corrected chi connectivity index (χ3v) is 4.96. The van der Waals surface area contributed by atoms with Gasteiger partial charge in [0.2, 0.25) is 5.54 Å². The minimum atomic E-state index is -5.04. The maximum atomic E-state index is 14.0. The Labute approximate surface area is 169 Å². The summed E-state index contributed by atoms with van der Waals surface area (Å²) in [6.45, 7) is 1.45. The van der Waals surface area contributed by atoms with Gasteiger partial charge in [-0.1, -0.05) is 65.3 Å². The van der Waals surface area contributed by atoms with Crippen LogP contribution in [0, 0.1) is 6.92 Å².